The van der Waals surface area contributed by atoms with Gasteiger partial charge in [-0.15, -0.1) is 0 Å². The molecule has 2 rings (SSSR count). The summed E-state index contributed by atoms with van der Waals surface area (Å²) in [6.07, 6.45) is 6.12. The summed E-state index contributed by atoms with van der Waals surface area (Å²) in [4.78, 5) is 0. The van der Waals surface area contributed by atoms with E-state index >= 15 is 0 Å². The van der Waals surface area contributed by atoms with Crippen LogP contribution in [0.2, 0.25) is 5.02 Å². The minimum Gasteiger partial charge on any atom is -0.313 e. The molecule has 94 valence electrons. The Morgan fingerprint density at radius 2 is 2.00 bits per heavy atom. The summed E-state index contributed by atoms with van der Waals surface area (Å²) >= 11 is 6.14. The van der Waals surface area contributed by atoms with Crippen molar-refractivity contribution >= 4 is 11.6 Å². The average Bonchev–Trinajstić information content (AvgIpc) is 2.35. The topological polar surface area (TPSA) is 12.0 Å². The van der Waals surface area contributed by atoms with Crippen LogP contribution in [0.5, 0.6) is 0 Å². The van der Waals surface area contributed by atoms with Gasteiger partial charge in [-0.25, -0.2) is 4.39 Å². The van der Waals surface area contributed by atoms with Gasteiger partial charge in [-0.3, -0.25) is 0 Å². The maximum atomic E-state index is 13.9. The number of benzene rings is 1. The fourth-order valence-corrected chi connectivity index (χ4v) is 3.17. The van der Waals surface area contributed by atoms with Crippen molar-refractivity contribution in [3.05, 3.63) is 34.6 Å². The Labute approximate surface area is 107 Å². The summed E-state index contributed by atoms with van der Waals surface area (Å²) in [6, 6.07) is 4.97. The van der Waals surface area contributed by atoms with Gasteiger partial charge in [0.1, 0.15) is 5.82 Å². The van der Waals surface area contributed by atoms with Crippen molar-refractivity contribution in [1.82, 2.24) is 5.32 Å². The van der Waals surface area contributed by atoms with Crippen LogP contribution < -0.4 is 5.32 Å². The molecule has 3 heteroatoms. The summed E-state index contributed by atoms with van der Waals surface area (Å²) in [5.74, 6) is 0.311. The molecule has 1 aliphatic rings. The third-order valence-electron chi connectivity index (χ3n) is 3.74. The van der Waals surface area contributed by atoms with E-state index in [4.69, 9.17) is 11.6 Å². The second kappa shape index (κ2) is 5.83. The highest BCUT2D eigenvalue weighted by molar-refractivity contribution is 6.31. The zero-order chi connectivity index (χ0) is 12.3. The maximum Gasteiger partial charge on any atom is 0.129 e. The SMILES string of the molecule is CNC(c1c(F)cccc1Cl)C1CCCCC1. The number of rotatable bonds is 3. The van der Waals surface area contributed by atoms with Crippen molar-refractivity contribution in [2.45, 2.75) is 38.1 Å². The van der Waals surface area contributed by atoms with Gasteiger partial charge in [0, 0.05) is 16.6 Å². The average molecular weight is 256 g/mol. The van der Waals surface area contributed by atoms with Gasteiger partial charge in [0.05, 0.1) is 0 Å². The van der Waals surface area contributed by atoms with E-state index in [1.54, 1.807) is 12.1 Å². The predicted molar refractivity (Wildman–Crippen MR) is 69.8 cm³/mol. The highest BCUT2D eigenvalue weighted by Crippen LogP contribution is 2.37. The summed E-state index contributed by atoms with van der Waals surface area (Å²) < 4.78 is 13.9. The van der Waals surface area contributed by atoms with Crippen LogP contribution in [-0.2, 0) is 0 Å². The largest absolute Gasteiger partial charge is 0.313 e. The summed E-state index contributed by atoms with van der Waals surface area (Å²) in [5, 5.41) is 3.78. The van der Waals surface area contributed by atoms with Crippen LogP contribution >= 0.6 is 11.6 Å². The molecule has 0 aliphatic heterocycles. The van der Waals surface area contributed by atoms with Crippen molar-refractivity contribution in [3.63, 3.8) is 0 Å². The van der Waals surface area contributed by atoms with E-state index in [9.17, 15) is 4.39 Å². The Morgan fingerprint density at radius 1 is 1.29 bits per heavy atom. The van der Waals surface area contributed by atoms with Gasteiger partial charge < -0.3 is 5.32 Å². The first-order valence-electron chi connectivity index (χ1n) is 6.35. The lowest BCUT2D eigenvalue weighted by Gasteiger charge is -2.31. The second-order valence-electron chi connectivity index (χ2n) is 4.80. The highest BCUT2D eigenvalue weighted by atomic mass is 35.5. The van der Waals surface area contributed by atoms with Gasteiger partial charge >= 0.3 is 0 Å². The normalized spacial score (nSPS) is 19.2. The maximum absolute atomic E-state index is 13.9. The summed E-state index contributed by atoms with van der Waals surface area (Å²) in [5.41, 5.74) is 0.642. The Hall–Kier alpha value is -0.600. The Kier molecular flexibility index (Phi) is 4.41. The van der Waals surface area contributed by atoms with Gasteiger partial charge in [-0.05, 0) is 37.9 Å². The van der Waals surface area contributed by atoms with Crippen molar-refractivity contribution < 1.29 is 4.39 Å². The first-order valence-corrected chi connectivity index (χ1v) is 6.73. The molecule has 0 heterocycles. The molecule has 1 N–H and O–H groups in total. The standard InChI is InChI=1S/C14H19ClFN/c1-17-14(10-6-3-2-4-7-10)13-11(15)8-5-9-12(13)16/h5,8-10,14,17H,2-4,6-7H2,1H3. The molecule has 1 aromatic carbocycles. The molecule has 1 nitrogen and oxygen atoms in total. The quantitative estimate of drug-likeness (QED) is 0.848. The lowest BCUT2D eigenvalue weighted by Crippen LogP contribution is -2.28. The van der Waals surface area contributed by atoms with E-state index in [0.717, 1.165) is 12.8 Å². The van der Waals surface area contributed by atoms with E-state index in [1.165, 1.54) is 25.3 Å². The molecule has 1 aromatic rings. The van der Waals surface area contributed by atoms with Crippen LogP contribution in [0.15, 0.2) is 18.2 Å². The Bertz CT molecular complexity index is 354. The van der Waals surface area contributed by atoms with E-state index in [1.807, 2.05) is 7.05 Å². The van der Waals surface area contributed by atoms with Crippen LogP contribution in [0.25, 0.3) is 0 Å². The Balaban J connectivity index is 2.27. The van der Waals surface area contributed by atoms with Crippen LogP contribution in [0.3, 0.4) is 0 Å². The lowest BCUT2D eigenvalue weighted by molar-refractivity contribution is 0.277. The van der Waals surface area contributed by atoms with E-state index in [0.29, 0.717) is 16.5 Å². The minimum absolute atomic E-state index is 0.0454. The molecule has 1 unspecified atom stereocenters. The number of hydrogen-bond donors (Lipinski definition) is 1. The van der Waals surface area contributed by atoms with Gasteiger partial charge in [-0.1, -0.05) is 36.9 Å². The van der Waals surface area contributed by atoms with E-state index < -0.39 is 0 Å². The lowest BCUT2D eigenvalue weighted by atomic mass is 9.81. The number of nitrogens with one attached hydrogen (secondary N) is 1. The van der Waals surface area contributed by atoms with Crippen molar-refractivity contribution in [1.29, 1.82) is 0 Å². The second-order valence-corrected chi connectivity index (χ2v) is 5.21. The molecule has 1 aliphatic carbocycles. The molecule has 0 saturated heterocycles. The molecule has 1 fully saturated rings. The zero-order valence-electron chi connectivity index (χ0n) is 10.2. The van der Waals surface area contributed by atoms with Crippen molar-refractivity contribution in [3.8, 4) is 0 Å². The molecule has 0 spiro atoms. The first-order chi connectivity index (χ1) is 8.24. The van der Waals surface area contributed by atoms with Crippen LogP contribution in [0.1, 0.15) is 43.7 Å². The van der Waals surface area contributed by atoms with Crippen LogP contribution in [0.4, 0.5) is 4.39 Å². The molecular formula is C14H19ClFN. The van der Waals surface area contributed by atoms with E-state index in [-0.39, 0.29) is 11.9 Å². The first kappa shape index (κ1) is 12.8. The van der Waals surface area contributed by atoms with Gasteiger partial charge in [-0.2, -0.15) is 0 Å². The zero-order valence-corrected chi connectivity index (χ0v) is 10.9. The molecule has 0 aromatic heterocycles. The Morgan fingerprint density at radius 3 is 2.59 bits per heavy atom. The fraction of sp³-hybridized carbons (Fsp3) is 0.571. The van der Waals surface area contributed by atoms with Gasteiger partial charge in [0.2, 0.25) is 0 Å². The third kappa shape index (κ3) is 2.80. The van der Waals surface area contributed by atoms with Gasteiger partial charge in [0.15, 0.2) is 0 Å². The fourth-order valence-electron chi connectivity index (χ4n) is 2.89. The summed E-state index contributed by atoms with van der Waals surface area (Å²) in [6.45, 7) is 0. The molecule has 1 saturated carbocycles. The molecule has 17 heavy (non-hydrogen) atoms. The summed E-state index contributed by atoms with van der Waals surface area (Å²) in [7, 11) is 1.89. The third-order valence-corrected chi connectivity index (χ3v) is 4.07. The van der Waals surface area contributed by atoms with Crippen LogP contribution in [-0.4, -0.2) is 7.05 Å². The molecule has 0 radical (unpaired) electrons. The van der Waals surface area contributed by atoms with Crippen molar-refractivity contribution in [2.24, 2.45) is 5.92 Å². The molecule has 1 atom stereocenters. The highest BCUT2D eigenvalue weighted by Gasteiger charge is 2.27. The monoisotopic (exact) mass is 255 g/mol. The molecular weight excluding hydrogens is 237 g/mol. The number of halogens is 2. The molecule has 0 amide bonds. The minimum atomic E-state index is -0.192. The number of hydrogen-bond acceptors (Lipinski definition) is 1. The predicted octanol–water partition coefficient (Wildman–Crippen LogP) is 4.32. The van der Waals surface area contributed by atoms with E-state index in [2.05, 4.69) is 5.32 Å². The van der Waals surface area contributed by atoms with Gasteiger partial charge in [0.25, 0.3) is 0 Å². The van der Waals surface area contributed by atoms with Crippen LogP contribution in [0, 0.1) is 11.7 Å². The smallest absolute Gasteiger partial charge is 0.129 e. The van der Waals surface area contributed by atoms with Crippen molar-refractivity contribution in [2.75, 3.05) is 7.05 Å². The molecule has 0 bridgehead atoms.